The van der Waals surface area contributed by atoms with Crippen molar-refractivity contribution in [1.29, 1.82) is 0 Å². The molecule has 4 heterocycles. The number of alkyl halides is 3. The molecule has 312 valence electrons. The predicted molar refractivity (Wildman–Crippen MR) is 217 cm³/mol. The molecule has 2 aliphatic rings. The maximum atomic E-state index is 13.5. The Bertz CT molecular complexity index is 2130. The Morgan fingerprint density at radius 3 is 2.41 bits per heavy atom. The quantitative estimate of drug-likeness (QED) is 0.0876. The van der Waals surface area contributed by atoms with E-state index < -0.39 is 41.9 Å². The fourth-order valence-corrected chi connectivity index (χ4v) is 7.87. The first-order valence-electron chi connectivity index (χ1n) is 19.8. The molecular weight excluding hydrogens is 754 g/mol. The molecule has 0 saturated carbocycles. The normalized spacial score (nSPS) is 19.3. The number of amides is 2. The average Bonchev–Trinajstić information content (AvgIpc) is 3.46. The molecular formula is C41H53F3N10O4. The van der Waals surface area contributed by atoms with E-state index in [9.17, 15) is 32.7 Å². The zero-order valence-electron chi connectivity index (χ0n) is 33.1. The summed E-state index contributed by atoms with van der Waals surface area (Å²) in [4.78, 5) is 54.4. The Kier molecular flexibility index (Phi) is 13.2. The standard InChI is InChI=1S/C41H53F3N10O4/c1-25-18-33(50-38(56)35(55)32(46)19-27-10-6-4-7-11-27)39(57)54(25)13-9-5-8-12-52-14-16-53(17-15-52)34-23-31-36(47-24-48-37(31)51(3)40(34)58)49-26(2)28-20-29(41(42,43)44)22-30(45)21-28/h4,6-7,10-11,20-26,32-33,35,55H,5,8-9,12-19,45-46H2,1-3H3,(H,50,56)(H,47,48,49). The average molecular weight is 807 g/mol. The highest BCUT2D eigenvalue weighted by Gasteiger charge is 2.39. The molecule has 5 atom stereocenters. The number of rotatable bonds is 15. The lowest BCUT2D eigenvalue weighted by atomic mass is 10.0. The molecule has 2 aromatic heterocycles. The SMILES string of the molecule is CC(Nc1ncnc2c1cc(N1CCN(CCCCCN3C(=O)C(NC(=O)C(O)C(N)Cc4ccccc4)CC3C)CC1)c(=O)n2C)c1cc(N)cc(C(F)(F)F)c1. The van der Waals surface area contributed by atoms with Gasteiger partial charge >= 0.3 is 6.18 Å². The Balaban J connectivity index is 0.970. The molecule has 0 spiro atoms. The zero-order valence-corrected chi connectivity index (χ0v) is 33.1. The number of likely N-dealkylation sites (tertiary alicyclic amines) is 1. The lowest BCUT2D eigenvalue weighted by molar-refractivity contribution is -0.137. The van der Waals surface area contributed by atoms with Crippen molar-refractivity contribution in [3.63, 3.8) is 0 Å². The Morgan fingerprint density at radius 2 is 1.71 bits per heavy atom. The number of hydrogen-bond acceptors (Lipinski definition) is 11. The number of benzene rings is 2. The second-order valence-electron chi connectivity index (χ2n) is 15.5. The van der Waals surface area contributed by atoms with Crippen LogP contribution in [0.5, 0.6) is 0 Å². The highest BCUT2D eigenvalue weighted by Crippen LogP contribution is 2.34. The fourth-order valence-electron chi connectivity index (χ4n) is 7.87. The second-order valence-corrected chi connectivity index (χ2v) is 15.5. The molecule has 5 unspecified atom stereocenters. The van der Waals surface area contributed by atoms with Crippen LogP contribution in [0.1, 0.15) is 62.3 Å². The van der Waals surface area contributed by atoms with E-state index >= 15 is 0 Å². The van der Waals surface area contributed by atoms with Crippen molar-refractivity contribution in [2.45, 2.75) is 82.4 Å². The van der Waals surface area contributed by atoms with Gasteiger partial charge in [-0.1, -0.05) is 36.8 Å². The smallest absolute Gasteiger partial charge is 0.399 e. The number of carbonyl (C=O) groups is 2. The number of halogens is 3. The van der Waals surface area contributed by atoms with Gasteiger partial charge < -0.3 is 37.0 Å². The number of hydrogen-bond donors (Lipinski definition) is 5. The summed E-state index contributed by atoms with van der Waals surface area (Å²) in [5.41, 5.74) is 13.0. The number of carbonyl (C=O) groups excluding carboxylic acids is 2. The van der Waals surface area contributed by atoms with Gasteiger partial charge in [0.2, 0.25) is 5.91 Å². The number of fused-ring (bicyclic) bond motifs is 1. The van der Waals surface area contributed by atoms with Crippen molar-refractivity contribution in [2.24, 2.45) is 12.8 Å². The molecule has 0 radical (unpaired) electrons. The van der Waals surface area contributed by atoms with E-state index in [0.717, 1.165) is 56.6 Å². The van der Waals surface area contributed by atoms with Crippen LogP contribution in [-0.4, -0.2) is 105 Å². The predicted octanol–water partition coefficient (Wildman–Crippen LogP) is 3.43. The van der Waals surface area contributed by atoms with E-state index in [4.69, 9.17) is 11.5 Å². The molecule has 0 bridgehead atoms. The van der Waals surface area contributed by atoms with Crippen molar-refractivity contribution in [2.75, 3.05) is 55.2 Å². The second kappa shape index (κ2) is 18.1. The maximum Gasteiger partial charge on any atom is 0.416 e. The molecule has 2 saturated heterocycles. The van der Waals surface area contributed by atoms with Crippen LogP contribution in [-0.2, 0) is 29.2 Å². The highest BCUT2D eigenvalue weighted by atomic mass is 19.4. The van der Waals surface area contributed by atoms with E-state index in [1.54, 1.807) is 24.9 Å². The Hall–Kier alpha value is -5.26. The van der Waals surface area contributed by atoms with Crippen LogP contribution in [0.3, 0.4) is 0 Å². The number of nitrogens with zero attached hydrogens (tertiary/aromatic N) is 6. The lowest BCUT2D eigenvalue weighted by Gasteiger charge is -2.36. The Morgan fingerprint density at radius 1 is 1.00 bits per heavy atom. The summed E-state index contributed by atoms with van der Waals surface area (Å²) < 4.78 is 41.9. The summed E-state index contributed by atoms with van der Waals surface area (Å²) in [7, 11) is 1.64. The summed E-state index contributed by atoms with van der Waals surface area (Å²) >= 11 is 0. The van der Waals surface area contributed by atoms with Gasteiger partial charge in [-0.2, -0.15) is 13.2 Å². The first-order valence-corrected chi connectivity index (χ1v) is 19.8. The van der Waals surface area contributed by atoms with Crippen molar-refractivity contribution >= 4 is 40.0 Å². The number of anilines is 3. The number of pyridine rings is 1. The van der Waals surface area contributed by atoms with E-state index in [-0.39, 0.29) is 23.2 Å². The van der Waals surface area contributed by atoms with Crippen molar-refractivity contribution in [3.8, 4) is 0 Å². The first kappa shape index (κ1) is 42.3. The van der Waals surface area contributed by atoms with E-state index in [1.807, 2.05) is 42.2 Å². The number of aliphatic hydroxyl groups excluding tert-OH is 1. The topological polar surface area (TPSA) is 188 Å². The van der Waals surface area contributed by atoms with E-state index in [0.29, 0.717) is 60.6 Å². The first-order chi connectivity index (χ1) is 27.6. The van der Waals surface area contributed by atoms with E-state index in [1.165, 1.54) is 17.0 Å². The summed E-state index contributed by atoms with van der Waals surface area (Å²) in [6.07, 6.45) is -1.20. The van der Waals surface area contributed by atoms with Gasteiger partial charge in [-0.05, 0) is 81.5 Å². The molecule has 2 aromatic carbocycles. The third-order valence-corrected chi connectivity index (χ3v) is 11.2. The number of aliphatic hydroxyl groups is 1. The van der Waals surface area contributed by atoms with Crippen LogP contribution in [0, 0.1) is 0 Å². The Labute approximate surface area is 335 Å². The summed E-state index contributed by atoms with van der Waals surface area (Å²) in [5.74, 6) is -0.404. The fraction of sp³-hybridized carbons (Fsp3) is 0.488. The number of piperazine rings is 1. The van der Waals surface area contributed by atoms with Crippen molar-refractivity contribution < 1.29 is 27.9 Å². The number of aryl methyl sites for hydroxylation is 1. The van der Waals surface area contributed by atoms with Gasteiger partial charge in [-0.3, -0.25) is 23.9 Å². The van der Waals surface area contributed by atoms with E-state index in [2.05, 4.69) is 25.5 Å². The number of unbranched alkanes of at least 4 members (excludes halogenated alkanes) is 2. The van der Waals surface area contributed by atoms with Gasteiger partial charge in [0.15, 0.2) is 0 Å². The zero-order chi connectivity index (χ0) is 41.7. The molecule has 6 rings (SSSR count). The summed E-state index contributed by atoms with van der Waals surface area (Å²) in [5, 5.41) is 17.0. The van der Waals surface area contributed by atoms with Gasteiger partial charge in [-0.25, -0.2) is 9.97 Å². The molecule has 0 aliphatic carbocycles. The molecule has 7 N–H and O–H groups in total. The van der Waals surface area contributed by atoms with Crippen LogP contribution >= 0.6 is 0 Å². The third-order valence-electron chi connectivity index (χ3n) is 11.2. The highest BCUT2D eigenvalue weighted by molar-refractivity contribution is 5.91. The van der Waals surface area contributed by atoms with Crippen molar-refractivity contribution in [1.82, 2.24) is 29.7 Å². The van der Waals surface area contributed by atoms with Gasteiger partial charge in [0, 0.05) is 57.5 Å². The monoisotopic (exact) mass is 806 g/mol. The number of aromatic nitrogens is 3. The van der Waals surface area contributed by atoms with Crippen LogP contribution in [0.4, 0.5) is 30.4 Å². The van der Waals surface area contributed by atoms with Gasteiger partial charge in [0.25, 0.3) is 11.5 Å². The largest absolute Gasteiger partial charge is 0.416 e. The van der Waals surface area contributed by atoms with Crippen LogP contribution < -0.4 is 32.6 Å². The van der Waals surface area contributed by atoms with Crippen LogP contribution in [0.15, 0.2) is 65.7 Å². The minimum Gasteiger partial charge on any atom is -0.399 e. The van der Waals surface area contributed by atoms with Crippen LogP contribution in [0.2, 0.25) is 0 Å². The van der Waals surface area contributed by atoms with Gasteiger partial charge in [0.1, 0.15) is 35.6 Å². The summed E-state index contributed by atoms with van der Waals surface area (Å²) in [6, 6.07) is 12.5. The molecule has 2 fully saturated rings. The maximum absolute atomic E-state index is 13.5. The molecule has 14 nitrogen and oxygen atoms in total. The lowest BCUT2D eigenvalue weighted by Crippen LogP contribution is -2.51. The van der Waals surface area contributed by atoms with Gasteiger partial charge in [0.05, 0.1) is 17.0 Å². The van der Waals surface area contributed by atoms with Crippen LogP contribution in [0.25, 0.3) is 11.0 Å². The molecule has 2 amide bonds. The molecule has 58 heavy (non-hydrogen) atoms. The molecule has 17 heteroatoms. The van der Waals surface area contributed by atoms with Gasteiger partial charge in [-0.15, -0.1) is 0 Å². The molecule has 2 aliphatic heterocycles. The minimum absolute atomic E-state index is 0.000302. The third kappa shape index (κ3) is 9.88. The minimum atomic E-state index is -4.55. The number of nitrogens with one attached hydrogen (secondary N) is 2. The summed E-state index contributed by atoms with van der Waals surface area (Å²) in [6.45, 7) is 7.86. The molecule has 4 aromatic rings. The number of nitrogen functional groups attached to an aromatic ring is 1. The van der Waals surface area contributed by atoms with Crippen molar-refractivity contribution in [3.05, 3.63) is 88.0 Å². The number of nitrogens with two attached hydrogens (primary N) is 2.